The lowest BCUT2D eigenvalue weighted by atomic mass is 10.2. The van der Waals surface area contributed by atoms with Gasteiger partial charge >= 0.3 is 17.6 Å². The maximum absolute atomic E-state index is 12.8. The van der Waals surface area contributed by atoms with Crippen molar-refractivity contribution in [2.75, 3.05) is 7.11 Å². The van der Waals surface area contributed by atoms with Crippen LogP contribution in [0.5, 0.6) is 11.6 Å². The minimum Gasteiger partial charge on any atom is -0.476 e. The van der Waals surface area contributed by atoms with Crippen molar-refractivity contribution in [2.45, 2.75) is 12.9 Å². The van der Waals surface area contributed by atoms with Crippen LogP contribution in [0.15, 0.2) is 58.1 Å². The highest BCUT2D eigenvalue weighted by Gasteiger charge is 2.32. The first kappa shape index (κ1) is 20.5. The number of rotatable bonds is 5. The number of para-hydroxylation sites is 1. The summed E-state index contributed by atoms with van der Waals surface area (Å²) < 4.78 is 48.2. The molecule has 0 atom stereocenters. The van der Waals surface area contributed by atoms with Crippen LogP contribution in [-0.4, -0.2) is 27.8 Å². The van der Waals surface area contributed by atoms with E-state index < -0.39 is 23.4 Å². The molecule has 3 aromatic rings. The molecule has 0 fully saturated rings. The van der Waals surface area contributed by atoms with Crippen LogP contribution in [0.2, 0.25) is 5.02 Å². The summed E-state index contributed by atoms with van der Waals surface area (Å²) in [5.41, 5.74) is -1.07. The van der Waals surface area contributed by atoms with Crippen LogP contribution in [0.25, 0.3) is 5.69 Å². The largest absolute Gasteiger partial charge is 0.573 e. The highest BCUT2D eigenvalue weighted by Crippen LogP contribution is 2.31. The van der Waals surface area contributed by atoms with Gasteiger partial charge in [-0.1, -0.05) is 35.9 Å². The van der Waals surface area contributed by atoms with Gasteiger partial charge < -0.3 is 9.47 Å². The van der Waals surface area contributed by atoms with Crippen molar-refractivity contribution in [2.24, 2.45) is 0 Å². The second-order valence-corrected chi connectivity index (χ2v) is 6.15. The van der Waals surface area contributed by atoms with Gasteiger partial charge in [0.05, 0.1) is 24.4 Å². The Morgan fingerprint density at radius 1 is 1.10 bits per heavy atom. The summed E-state index contributed by atoms with van der Waals surface area (Å²) in [6.07, 6.45) is -4.95. The van der Waals surface area contributed by atoms with E-state index in [9.17, 15) is 22.8 Å². The van der Waals surface area contributed by atoms with Gasteiger partial charge in [-0.15, -0.1) is 18.3 Å². The van der Waals surface area contributed by atoms with Crippen LogP contribution in [-0.2, 0) is 6.54 Å². The summed E-state index contributed by atoms with van der Waals surface area (Å²) >= 11 is 5.73. The SMILES string of the molecule is COc1nn(-c2ccccc2)c(=O)n(Cc2ccc(Cl)c(OC(F)(F)F)c2)c1=O. The van der Waals surface area contributed by atoms with Crippen molar-refractivity contribution >= 4 is 11.6 Å². The molecule has 0 N–H and O–H groups in total. The van der Waals surface area contributed by atoms with E-state index in [0.717, 1.165) is 15.3 Å². The molecule has 0 saturated carbocycles. The summed E-state index contributed by atoms with van der Waals surface area (Å²) in [5.74, 6) is -0.997. The fourth-order valence-corrected chi connectivity index (χ4v) is 2.69. The van der Waals surface area contributed by atoms with E-state index >= 15 is 0 Å². The predicted molar refractivity (Wildman–Crippen MR) is 97.9 cm³/mol. The molecule has 29 heavy (non-hydrogen) atoms. The molecule has 1 aromatic heterocycles. The Morgan fingerprint density at radius 2 is 1.79 bits per heavy atom. The summed E-state index contributed by atoms with van der Waals surface area (Å²) in [6, 6.07) is 11.8. The van der Waals surface area contributed by atoms with E-state index in [0.29, 0.717) is 5.69 Å². The summed E-state index contributed by atoms with van der Waals surface area (Å²) in [4.78, 5) is 25.3. The Hall–Kier alpha value is -3.27. The molecule has 0 radical (unpaired) electrons. The molecule has 11 heteroatoms. The Morgan fingerprint density at radius 3 is 2.41 bits per heavy atom. The second-order valence-electron chi connectivity index (χ2n) is 5.74. The molecule has 152 valence electrons. The number of nitrogens with zero attached hydrogens (tertiary/aromatic N) is 3. The third-order valence-corrected chi connectivity index (χ3v) is 4.10. The molecule has 7 nitrogen and oxygen atoms in total. The lowest BCUT2D eigenvalue weighted by molar-refractivity contribution is -0.274. The molecule has 0 spiro atoms. The Labute approximate surface area is 166 Å². The van der Waals surface area contributed by atoms with Gasteiger partial charge in [-0.2, -0.15) is 4.68 Å². The van der Waals surface area contributed by atoms with E-state index in [-0.39, 0.29) is 23.0 Å². The molecular formula is C18H13ClF3N3O4. The van der Waals surface area contributed by atoms with Crippen molar-refractivity contribution in [1.29, 1.82) is 0 Å². The standard InChI is InChI=1S/C18H13ClF3N3O4/c1-28-15-16(26)24(17(27)25(23-15)12-5-3-2-4-6-12)10-11-7-8-13(19)14(9-11)29-18(20,21)22/h2-9H,10H2,1H3. The van der Waals surface area contributed by atoms with Gasteiger partial charge in [0.2, 0.25) is 0 Å². The maximum Gasteiger partial charge on any atom is 0.573 e. The smallest absolute Gasteiger partial charge is 0.476 e. The zero-order valence-electron chi connectivity index (χ0n) is 14.8. The van der Waals surface area contributed by atoms with Gasteiger partial charge in [0, 0.05) is 0 Å². The van der Waals surface area contributed by atoms with Crippen LogP contribution in [0.1, 0.15) is 5.56 Å². The predicted octanol–water partition coefficient (Wildman–Crippen LogP) is 3.00. The Bertz CT molecular complexity index is 1140. The molecule has 1 heterocycles. The fourth-order valence-electron chi connectivity index (χ4n) is 2.53. The van der Waals surface area contributed by atoms with Gasteiger partial charge in [-0.25, -0.2) is 9.36 Å². The molecule has 0 bridgehead atoms. The number of hydrogen-bond donors (Lipinski definition) is 0. The zero-order valence-corrected chi connectivity index (χ0v) is 15.6. The number of alkyl halides is 3. The van der Waals surface area contributed by atoms with Crippen molar-refractivity contribution in [3.05, 3.63) is 80.0 Å². The van der Waals surface area contributed by atoms with E-state index in [1.165, 1.54) is 19.2 Å². The first-order valence-electron chi connectivity index (χ1n) is 8.07. The normalized spacial score (nSPS) is 11.3. The van der Waals surface area contributed by atoms with Crippen LogP contribution >= 0.6 is 11.6 Å². The number of benzene rings is 2. The molecule has 0 aliphatic rings. The molecule has 0 amide bonds. The van der Waals surface area contributed by atoms with Crippen molar-refractivity contribution < 1.29 is 22.6 Å². The quantitative estimate of drug-likeness (QED) is 0.625. The van der Waals surface area contributed by atoms with E-state index in [4.69, 9.17) is 16.3 Å². The fraction of sp³-hybridized carbons (Fsp3) is 0.167. The second kappa shape index (κ2) is 8.00. The minimum atomic E-state index is -4.95. The first-order valence-corrected chi connectivity index (χ1v) is 8.45. The van der Waals surface area contributed by atoms with E-state index in [1.54, 1.807) is 30.3 Å². The van der Waals surface area contributed by atoms with Gasteiger partial charge in [0.1, 0.15) is 5.75 Å². The van der Waals surface area contributed by atoms with E-state index in [1.807, 2.05) is 0 Å². The van der Waals surface area contributed by atoms with Crippen molar-refractivity contribution in [3.8, 4) is 17.3 Å². The molecule has 0 saturated heterocycles. The minimum absolute atomic E-state index is 0.181. The van der Waals surface area contributed by atoms with Gasteiger partial charge in [-0.05, 0) is 29.8 Å². The van der Waals surface area contributed by atoms with Crippen LogP contribution in [0, 0.1) is 0 Å². The van der Waals surface area contributed by atoms with Gasteiger partial charge in [-0.3, -0.25) is 4.79 Å². The lowest BCUT2D eigenvalue weighted by Crippen LogP contribution is -2.41. The van der Waals surface area contributed by atoms with Crippen LogP contribution < -0.4 is 20.7 Å². The number of hydrogen-bond acceptors (Lipinski definition) is 5. The number of aromatic nitrogens is 3. The highest BCUT2D eigenvalue weighted by molar-refractivity contribution is 6.32. The van der Waals surface area contributed by atoms with Crippen molar-refractivity contribution in [1.82, 2.24) is 14.3 Å². The average molecular weight is 428 g/mol. The van der Waals surface area contributed by atoms with Crippen LogP contribution in [0.4, 0.5) is 13.2 Å². The monoisotopic (exact) mass is 427 g/mol. The molecular weight excluding hydrogens is 415 g/mol. The zero-order chi connectivity index (χ0) is 21.2. The molecule has 0 aliphatic carbocycles. The van der Waals surface area contributed by atoms with Crippen LogP contribution in [0.3, 0.4) is 0 Å². The molecule has 2 aromatic carbocycles. The molecule has 3 rings (SSSR count). The van der Waals surface area contributed by atoms with Crippen molar-refractivity contribution in [3.63, 3.8) is 0 Å². The summed E-state index contributed by atoms with van der Waals surface area (Å²) in [6.45, 7) is -0.352. The number of halogens is 4. The third kappa shape index (κ3) is 4.60. The molecule has 0 unspecified atom stereocenters. The number of methoxy groups -OCH3 is 1. The number of ether oxygens (including phenoxy) is 2. The third-order valence-electron chi connectivity index (χ3n) is 3.79. The average Bonchev–Trinajstić information content (AvgIpc) is 2.67. The highest BCUT2D eigenvalue weighted by atomic mass is 35.5. The topological polar surface area (TPSA) is 75.3 Å². The maximum atomic E-state index is 12.8. The summed E-state index contributed by atoms with van der Waals surface area (Å²) in [7, 11) is 1.21. The van der Waals surface area contributed by atoms with Gasteiger partial charge in [0.15, 0.2) is 0 Å². The van der Waals surface area contributed by atoms with Gasteiger partial charge in [0.25, 0.3) is 5.88 Å². The summed E-state index contributed by atoms with van der Waals surface area (Å²) in [5, 5.41) is 3.63. The Kier molecular flexibility index (Phi) is 5.64. The lowest BCUT2D eigenvalue weighted by Gasteiger charge is -2.13. The Balaban J connectivity index is 2.09. The first-order chi connectivity index (χ1) is 13.7. The molecule has 0 aliphatic heterocycles. The van der Waals surface area contributed by atoms with E-state index in [2.05, 4.69) is 9.84 Å².